The Morgan fingerprint density at radius 2 is 1.62 bits per heavy atom. The number of carbonyl (C=O) groups is 1. The molecule has 1 aromatic carbocycles. The van der Waals surface area contributed by atoms with Crippen molar-refractivity contribution in [3.63, 3.8) is 0 Å². The van der Waals surface area contributed by atoms with E-state index in [1.807, 2.05) is 24.3 Å². The molecular formula is C21H35IN4O3. The third-order valence-electron chi connectivity index (χ3n) is 4.88. The molecule has 0 saturated heterocycles. The monoisotopic (exact) mass is 518 g/mol. The Kier molecular flexibility index (Phi) is 13.3. The van der Waals surface area contributed by atoms with Crippen LogP contribution in [0, 0.1) is 5.92 Å². The van der Waals surface area contributed by atoms with Crippen LogP contribution in [0.3, 0.4) is 0 Å². The molecule has 1 fully saturated rings. The summed E-state index contributed by atoms with van der Waals surface area (Å²) in [6.45, 7) is 2.37. The molecule has 1 aromatic rings. The first-order valence-corrected chi connectivity index (χ1v) is 10.2. The Morgan fingerprint density at radius 1 is 1.00 bits per heavy atom. The van der Waals surface area contributed by atoms with Gasteiger partial charge >= 0.3 is 0 Å². The van der Waals surface area contributed by atoms with E-state index in [2.05, 4.69) is 20.9 Å². The zero-order valence-corrected chi connectivity index (χ0v) is 19.9. The highest BCUT2D eigenvalue weighted by molar-refractivity contribution is 14.0. The quantitative estimate of drug-likeness (QED) is 0.192. The van der Waals surface area contributed by atoms with Gasteiger partial charge in [0, 0.05) is 26.6 Å². The second-order valence-corrected chi connectivity index (χ2v) is 7.01. The number of nitrogens with one attached hydrogen (secondary N) is 3. The van der Waals surface area contributed by atoms with Crippen molar-refractivity contribution in [1.29, 1.82) is 0 Å². The molecule has 1 amide bonds. The summed E-state index contributed by atoms with van der Waals surface area (Å²) in [5.74, 6) is 3.03. The fourth-order valence-electron chi connectivity index (χ4n) is 3.34. The van der Waals surface area contributed by atoms with Crippen LogP contribution in [0.5, 0.6) is 11.5 Å². The van der Waals surface area contributed by atoms with Crippen LogP contribution in [0.15, 0.2) is 29.3 Å². The smallest absolute Gasteiger partial charge is 0.220 e. The molecule has 2 rings (SSSR count). The number of carbonyl (C=O) groups excluding carboxylic acids is 1. The van der Waals surface area contributed by atoms with E-state index in [1.165, 1.54) is 32.1 Å². The highest BCUT2D eigenvalue weighted by Crippen LogP contribution is 2.25. The lowest BCUT2D eigenvalue weighted by molar-refractivity contribution is -0.122. The highest BCUT2D eigenvalue weighted by atomic mass is 127. The molecular weight excluding hydrogens is 483 g/mol. The van der Waals surface area contributed by atoms with Crippen molar-refractivity contribution in [3.05, 3.63) is 24.3 Å². The number of hydrogen-bond donors (Lipinski definition) is 3. The van der Waals surface area contributed by atoms with Crippen molar-refractivity contribution in [1.82, 2.24) is 16.0 Å². The van der Waals surface area contributed by atoms with E-state index in [9.17, 15) is 4.79 Å². The summed E-state index contributed by atoms with van der Waals surface area (Å²) >= 11 is 0. The maximum absolute atomic E-state index is 12.0. The Bertz CT molecular complexity index is 604. The maximum atomic E-state index is 12.0. The second kappa shape index (κ2) is 15.2. The maximum Gasteiger partial charge on any atom is 0.220 e. The number of amides is 1. The topological polar surface area (TPSA) is 84.0 Å². The van der Waals surface area contributed by atoms with E-state index in [4.69, 9.17) is 9.47 Å². The summed E-state index contributed by atoms with van der Waals surface area (Å²) in [6.07, 6.45) is 6.91. The van der Waals surface area contributed by atoms with Crippen molar-refractivity contribution in [2.24, 2.45) is 10.9 Å². The van der Waals surface area contributed by atoms with Crippen LogP contribution in [-0.4, -0.2) is 52.3 Å². The van der Waals surface area contributed by atoms with Gasteiger partial charge in [0.15, 0.2) is 5.96 Å². The summed E-state index contributed by atoms with van der Waals surface area (Å²) in [5.41, 5.74) is 0. The fraction of sp³-hybridized carbons (Fsp3) is 0.619. The Morgan fingerprint density at radius 3 is 2.28 bits per heavy atom. The van der Waals surface area contributed by atoms with Crippen molar-refractivity contribution < 1.29 is 14.3 Å². The summed E-state index contributed by atoms with van der Waals surface area (Å²) in [4.78, 5) is 16.2. The van der Waals surface area contributed by atoms with Crippen LogP contribution >= 0.6 is 24.0 Å². The minimum absolute atomic E-state index is 0. The molecule has 1 aliphatic rings. The van der Waals surface area contributed by atoms with Gasteiger partial charge < -0.3 is 25.4 Å². The zero-order valence-electron chi connectivity index (χ0n) is 17.5. The number of nitrogens with zero attached hydrogens (tertiary/aromatic N) is 1. The predicted molar refractivity (Wildman–Crippen MR) is 127 cm³/mol. The van der Waals surface area contributed by atoms with E-state index in [0.717, 1.165) is 11.5 Å². The zero-order chi connectivity index (χ0) is 20.0. The molecule has 1 aliphatic carbocycles. The second-order valence-electron chi connectivity index (χ2n) is 7.01. The molecule has 8 heteroatoms. The molecule has 0 atom stereocenters. The van der Waals surface area contributed by atoms with Gasteiger partial charge in [0.25, 0.3) is 0 Å². The van der Waals surface area contributed by atoms with Gasteiger partial charge in [0.2, 0.25) is 5.91 Å². The van der Waals surface area contributed by atoms with E-state index in [1.54, 1.807) is 14.2 Å². The molecule has 7 nitrogen and oxygen atoms in total. The lowest BCUT2D eigenvalue weighted by Crippen LogP contribution is -2.42. The Hall–Kier alpha value is -1.71. The average molecular weight is 518 g/mol. The van der Waals surface area contributed by atoms with Crippen LogP contribution in [0.25, 0.3) is 0 Å². The number of hydrogen-bond acceptors (Lipinski definition) is 4. The number of benzene rings is 1. The summed E-state index contributed by atoms with van der Waals surface area (Å²) in [5, 5.41) is 9.38. The van der Waals surface area contributed by atoms with Crippen LogP contribution in [-0.2, 0) is 4.79 Å². The first-order chi connectivity index (χ1) is 13.7. The molecule has 0 aromatic heterocycles. The van der Waals surface area contributed by atoms with E-state index in [-0.39, 0.29) is 29.9 Å². The third kappa shape index (κ3) is 10.6. The Balaban J connectivity index is 0.00000420. The first kappa shape index (κ1) is 25.3. The number of ether oxygens (including phenoxy) is 2. The van der Waals surface area contributed by atoms with Gasteiger partial charge in [-0.05, 0) is 43.0 Å². The van der Waals surface area contributed by atoms with Crippen molar-refractivity contribution in [2.75, 3.05) is 40.4 Å². The molecule has 0 bridgehead atoms. The molecule has 0 radical (unpaired) electrons. The predicted octanol–water partition coefficient (Wildman–Crippen LogP) is 2.94. The third-order valence-corrected chi connectivity index (χ3v) is 4.88. The van der Waals surface area contributed by atoms with Gasteiger partial charge in [0.05, 0.1) is 13.7 Å². The molecule has 164 valence electrons. The fourth-order valence-corrected chi connectivity index (χ4v) is 3.34. The lowest BCUT2D eigenvalue weighted by Gasteiger charge is -2.20. The SMILES string of the molecule is CN=C(NCCNC(=O)CC1CCCCC1)NCCOc1ccc(OC)cc1.I. The van der Waals surface area contributed by atoms with Gasteiger partial charge in [-0.2, -0.15) is 0 Å². The van der Waals surface area contributed by atoms with Crippen LogP contribution < -0.4 is 25.4 Å². The average Bonchev–Trinajstić information content (AvgIpc) is 2.73. The molecule has 3 N–H and O–H groups in total. The molecule has 29 heavy (non-hydrogen) atoms. The van der Waals surface area contributed by atoms with Gasteiger partial charge in [-0.15, -0.1) is 24.0 Å². The number of methoxy groups -OCH3 is 1. The molecule has 0 aliphatic heterocycles. The number of guanidine groups is 1. The van der Waals surface area contributed by atoms with E-state index in [0.29, 0.717) is 44.5 Å². The number of rotatable bonds is 10. The van der Waals surface area contributed by atoms with Crippen molar-refractivity contribution in [2.45, 2.75) is 38.5 Å². The van der Waals surface area contributed by atoms with Crippen molar-refractivity contribution in [3.8, 4) is 11.5 Å². The molecule has 0 spiro atoms. The minimum Gasteiger partial charge on any atom is -0.497 e. The van der Waals surface area contributed by atoms with Gasteiger partial charge in [-0.25, -0.2) is 0 Å². The molecule has 0 unspecified atom stereocenters. The summed E-state index contributed by atoms with van der Waals surface area (Å²) < 4.78 is 10.8. The minimum atomic E-state index is 0. The normalized spacial score (nSPS) is 14.5. The number of aliphatic imine (C=N–C) groups is 1. The van der Waals surface area contributed by atoms with Crippen LogP contribution in [0.2, 0.25) is 0 Å². The number of halogens is 1. The molecule has 1 saturated carbocycles. The van der Waals surface area contributed by atoms with Gasteiger partial charge in [-0.1, -0.05) is 19.3 Å². The van der Waals surface area contributed by atoms with E-state index < -0.39 is 0 Å². The standard InChI is InChI=1S/C21H34N4O3.HI/c1-22-21(25-14-15-28-19-10-8-18(27-2)9-11-19)24-13-12-23-20(26)16-17-6-4-3-5-7-17;/h8-11,17H,3-7,12-16H2,1-2H3,(H,23,26)(H2,22,24,25);1H. The van der Waals surface area contributed by atoms with Gasteiger partial charge in [0.1, 0.15) is 18.1 Å². The summed E-state index contributed by atoms with van der Waals surface area (Å²) in [7, 11) is 3.36. The summed E-state index contributed by atoms with van der Waals surface area (Å²) in [6, 6.07) is 7.49. The highest BCUT2D eigenvalue weighted by Gasteiger charge is 2.16. The first-order valence-electron chi connectivity index (χ1n) is 10.2. The van der Waals surface area contributed by atoms with Crippen LogP contribution in [0.1, 0.15) is 38.5 Å². The largest absolute Gasteiger partial charge is 0.497 e. The molecule has 0 heterocycles. The lowest BCUT2D eigenvalue weighted by atomic mass is 9.87. The van der Waals surface area contributed by atoms with E-state index >= 15 is 0 Å². The Labute approximate surface area is 191 Å². The van der Waals surface area contributed by atoms with Crippen LogP contribution in [0.4, 0.5) is 0 Å². The van der Waals surface area contributed by atoms with Crippen molar-refractivity contribution >= 4 is 35.8 Å². The van der Waals surface area contributed by atoms with Gasteiger partial charge in [-0.3, -0.25) is 9.79 Å².